The normalized spacial score (nSPS) is 12.0. The second-order valence-electron chi connectivity index (χ2n) is 6.94. The maximum Gasteiger partial charge on any atom is 0.192 e. The first kappa shape index (κ1) is 23.0. The monoisotopic (exact) mass is 440 g/mol. The molecule has 0 aliphatic rings. The topological polar surface area (TPSA) is 55.2 Å². The van der Waals surface area contributed by atoms with Gasteiger partial charge in [-0.2, -0.15) is 0 Å². The van der Waals surface area contributed by atoms with Crippen LogP contribution in [0.5, 0.6) is 0 Å². The molecule has 0 atom stereocenters. The lowest BCUT2D eigenvalue weighted by molar-refractivity contribution is 0.275. The van der Waals surface area contributed by atoms with Gasteiger partial charge in [-0.1, -0.05) is 20.8 Å². The molecule has 2 aromatic rings. The van der Waals surface area contributed by atoms with E-state index in [0.29, 0.717) is 18.4 Å². The molecule has 0 aliphatic heterocycles. The Kier molecular flexibility index (Phi) is 9.53. The van der Waals surface area contributed by atoms with E-state index in [1.807, 2.05) is 10.8 Å². The molecule has 1 N–H and O–H groups in total. The van der Waals surface area contributed by atoms with Gasteiger partial charge in [0.15, 0.2) is 8.32 Å². The van der Waals surface area contributed by atoms with E-state index in [2.05, 4.69) is 43.8 Å². The molecule has 4 nitrogen and oxygen atoms in total. The van der Waals surface area contributed by atoms with Crippen LogP contribution in [0.2, 0.25) is 18.1 Å². The zero-order valence-electron chi connectivity index (χ0n) is 15.3. The lowest BCUT2D eigenvalue weighted by atomic mass is 10.2. The number of aromatic nitrogens is 2. The van der Waals surface area contributed by atoms with Crippen molar-refractivity contribution in [1.82, 2.24) is 9.97 Å². The number of aliphatic hydroxyl groups excluding tert-OH is 1. The van der Waals surface area contributed by atoms with Crippen LogP contribution < -0.4 is 0 Å². The molecule has 2 aromatic heterocycles. The Hall–Kier alpha value is -0.0231. The van der Waals surface area contributed by atoms with E-state index in [1.54, 1.807) is 11.3 Å². The van der Waals surface area contributed by atoms with Crippen molar-refractivity contribution in [2.75, 3.05) is 0 Å². The summed E-state index contributed by atoms with van der Waals surface area (Å²) in [6, 6.07) is 0. The number of hydrogen-bond donors (Lipinski definition) is 1. The molecule has 142 valence electrons. The number of halogens is 2. The minimum atomic E-state index is -1.65. The van der Waals surface area contributed by atoms with E-state index < -0.39 is 8.32 Å². The molecule has 0 fully saturated rings. The number of aliphatic hydroxyl groups is 1. The van der Waals surface area contributed by atoms with E-state index in [4.69, 9.17) is 32.7 Å². The fourth-order valence-corrected chi connectivity index (χ4v) is 4.27. The summed E-state index contributed by atoms with van der Waals surface area (Å²) in [7, 11) is -1.65. The van der Waals surface area contributed by atoms with Crippen LogP contribution in [0, 0.1) is 0 Å². The highest BCUT2D eigenvalue weighted by Crippen LogP contribution is 2.37. The summed E-state index contributed by atoms with van der Waals surface area (Å²) < 4.78 is 6.08. The van der Waals surface area contributed by atoms with Gasteiger partial charge in [-0.05, 0) is 18.1 Å². The maximum absolute atomic E-state index is 8.55. The summed E-state index contributed by atoms with van der Waals surface area (Å²) >= 11 is 14.2. The van der Waals surface area contributed by atoms with E-state index in [-0.39, 0.29) is 11.6 Å². The lowest BCUT2D eigenvalue weighted by Gasteiger charge is -2.35. The number of thiazole rings is 2. The molecule has 2 heterocycles. The maximum atomic E-state index is 8.55. The number of nitrogens with zero attached hydrogens (tertiary/aromatic N) is 2. The highest BCUT2D eigenvalue weighted by Gasteiger charge is 2.37. The fraction of sp³-hybridized carbons (Fsp3) is 0.625. The van der Waals surface area contributed by atoms with Gasteiger partial charge in [0.1, 0.15) is 10.0 Å². The highest BCUT2D eigenvalue weighted by atomic mass is 35.5. The van der Waals surface area contributed by atoms with E-state index in [9.17, 15) is 0 Å². The van der Waals surface area contributed by atoms with Crippen molar-refractivity contribution < 1.29 is 9.53 Å². The summed E-state index contributed by atoms with van der Waals surface area (Å²) in [6.07, 6.45) is 0. The Bertz CT molecular complexity index is 624. The van der Waals surface area contributed by atoms with Gasteiger partial charge in [0.2, 0.25) is 0 Å². The second-order valence-corrected chi connectivity index (χ2v) is 14.2. The third-order valence-corrected chi connectivity index (χ3v) is 10.7. The Morgan fingerprint density at radius 1 is 1.04 bits per heavy atom. The standard InChI is InChI=1S/C11H20ClNOSSi.C5H6ClNOS/c1-11(2,3)16(4,5)14-7-10-13-9(6-12)8-15-10;6-1-4-3-9-5(2-8)7-4/h8H,6-7H2,1-5H3;3,8H,1-2H2. The molecule has 0 amide bonds. The summed E-state index contributed by atoms with van der Waals surface area (Å²) in [5.74, 6) is 0.910. The highest BCUT2D eigenvalue weighted by molar-refractivity contribution is 7.09. The first-order chi connectivity index (χ1) is 11.6. The molecule has 0 bridgehead atoms. The molecular formula is C16H26Cl2N2O2S2Si. The molecule has 0 aromatic carbocycles. The summed E-state index contributed by atoms with van der Waals surface area (Å²) in [6.45, 7) is 11.9. The average Bonchev–Trinajstić information content (AvgIpc) is 3.21. The molecule has 0 aliphatic carbocycles. The van der Waals surface area contributed by atoms with Crippen molar-refractivity contribution in [3.63, 3.8) is 0 Å². The minimum absolute atomic E-state index is 0.0154. The number of rotatable bonds is 6. The van der Waals surface area contributed by atoms with Crippen LogP contribution in [-0.2, 0) is 29.4 Å². The quantitative estimate of drug-likeness (QED) is 0.456. The smallest absolute Gasteiger partial charge is 0.192 e. The Labute approximate surface area is 169 Å². The van der Waals surface area contributed by atoms with E-state index in [1.165, 1.54) is 11.3 Å². The zero-order valence-corrected chi connectivity index (χ0v) is 19.5. The van der Waals surface area contributed by atoms with Gasteiger partial charge >= 0.3 is 0 Å². The van der Waals surface area contributed by atoms with Crippen LogP contribution in [0.3, 0.4) is 0 Å². The molecule has 0 spiro atoms. The largest absolute Gasteiger partial charge is 0.410 e. The van der Waals surface area contributed by atoms with Crippen LogP contribution >= 0.6 is 45.9 Å². The lowest BCUT2D eigenvalue weighted by Crippen LogP contribution is -2.40. The Morgan fingerprint density at radius 3 is 1.88 bits per heavy atom. The molecule has 0 saturated heterocycles. The Balaban J connectivity index is 0.000000293. The van der Waals surface area contributed by atoms with Crippen molar-refractivity contribution in [1.29, 1.82) is 0 Å². The molecule has 9 heteroatoms. The average molecular weight is 442 g/mol. The first-order valence-corrected chi connectivity index (χ1v) is 13.6. The molecule has 2 rings (SSSR count). The predicted octanol–water partition coefficient (Wildman–Crippen LogP) is 5.78. The van der Waals surface area contributed by atoms with Gasteiger partial charge in [-0.15, -0.1) is 45.9 Å². The van der Waals surface area contributed by atoms with Crippen LogP contribution in [0.15, 0.2) is 10.8 Å². The first-order valence-electron chi connectivity index (χ1n) is 7.86. The van der Waals surface area contributed by atoms with Gasteiger partial charge < -0.3 is 9.53 Å². The van der Waals surface area contributed by atoms with Crippen molar-refractivity contribution in [3.8, 4) is 0 Å². The van der Waals surface area contributed by atoms with Crippen molar-refractivity contribution >= 4 is 54.2 Å². The predicted molar refractivity (Wildman–Crippen MR) is 111 cm³/mol. The van der Waals surface area contributed by atoms with E-state index in [0.717, 1.165) is 21.4 Å². The van der Waals surface area contributed by atoms with Gasteiger partial charge in [0.25, 0.3) is 0 Å². The Morgan fingerprint density at radius 2 is 1.52 bits per heavy atom. The molecule has 0 radical (unpaired) electrons. The third-order valence-electron chi connectivity index (χ3n) is 3.97. The summed E-state index contributed by atoms with van der Waals surface area (Å²) in [5, 5.41) is 14.4. The summed E-state index contributed by atoms with van der Waals surface area (Å²) in [5.41, 5.74) is 1.78. The van der Waals surface area contributed by atoms with Gasteiger partial charge in [0.05, 0.1) is 36.4 Å². The van der Waals surface area contributed by atoms with Crippen LogP contribution in [0.25, 0.3) is 0 Å². The van der Waals surface area contributed by atoms with Crippen LogP contribution in [-0.4, -0.2) is 23.4 Å². The third kappa shape index (κ3) is 7.62. The number of hydrogen-bond acceptors (Lipinski definition) is 6. The molecule has 0 saturated carbocycles. The van der Waals surface area contributed by atoms with Crippen molar-refractivity contribution in [2.45, 2.75) is 63.9 Å². The van der Waals surface area contributed by atoms with Gasteiger partial charge in [0, 0.05) is 10.8 Å². The molecule has 0 unspecified atom stereocenters. The van der Waals surface area contributed by atoms with Crippen molar-refractivity contribution in [2.24, 2.45) is 0 Å². The minimum Gasteiger partial charge on any atom is -0.410 e. The summed E-state index contributed by atoms with van der Waals surface area (Å²) in [4.78, 5) is 8.38. The zero-order chi connectivity index (χ0) is 19.1. The van der Waals surface area contributed by atoms with Crippen LogP contribution in [0.4, 0.5) is 0 Å². The van der Waals surface area contributed by atoms with Gasteiger partial charge in [-0.25, -0.2) is 9.97 Å². The molecule has 25 heavy (non-hydrogen) atoms. The van der Waals surface area contributed by atoms with E-state index >= 15 is 0 Å². The second kappa shape index (κ2) is 10.3. The van der Waals surface area contributed by atoms with Crippen LogP contribution in [0.1, 0.15) is 42.2 Å². The van der Waals surface area contributed by atoms with Gasteiger partial charge in [-0.3, -0.25) is 0 Å². The molecular weight excluding hydrogens is 415 g/mol. The number of alkyl halides is 2. The van der Waals surface area contributed by atoms with Crippen molar-refractivity contribution in [3.05, 3.63) is 32.2 Å². The fourth-order valence-electron chi connectivity index (χ4n) is 1.42. The SMILES string of the molecule is CC(C)(C)[Si](C)(C)OCc1nc(CCl)cs1.OCc1nc(CCl)cs1.